The van der Waals surface area contributed by atoms with Gasteiger partial charge < -0.3 is 9.84 Å². The maximum atomic E-state index is 14.1. The number of halogens is 2. The van der Waals surface area contributed by atoms with E-state index < -0.39 is 6.04 Å². The molecule has 4 aromatic rings. The zero-order valence-corrected chi connectivity index (χ0v) is 20.0. The van der Waals surface area contributed by atoms with E-state index in [1.54, 1.807) is 12.1 Å². The molecule has 0 saturated carbocycles. The number of hydrogen-bond donors (Lipinski definition) is 1. The summed E-state index contributed by atoms with van der Waals surface area (Å²) in [6.07, 6.45) is 0. The standard InChI is InChI=1S/C26H20ClFN4OS/c1-15-9-11-17(12-10-15)24-30-25(33-31-24)22-16(2)32(21-8-4-6-19(27)14-21)26(34)29-23(22)18-5-3-7-20(28)13-18/h3-14,23H,1-2H3,(H,29,34). The fourth-order valence-electron chi connectivity index (χ4n) is 4.04. The average Bonchev–Trinajstić information content (AvgIpc) is 3.29. The zero-order valence-electron chi connectivity index (χ0n) is 18.4. The molecule has 1 aliphatic heterocycles. The SMILES string of the molecule is CC1=C(c2nc(-c3ccc(C)cc3)no2)C(c2cccc(F)c2)NC(=S)N1c1cccc(Cl)c1. The minimum atomic E-state index is -0.482. The first kappa shape index (κ1) is 22.3. The fraction of sp³-hybridized carbons (Fsp3) is 0.115. The van der Waals surface area contributed by atoms with Crippen LogP contribution in [0.3, 0.4) is 0 Å². The van der Waals surface area contributed by atoms with Gasteiger partial charge in [-0.1, -0.05) is 64.8 Å². The predicted octanol–water partition coefficient (Wildman–Crippen LogP) is 6.70. The lowest BCUT2D eigenvalue weighted by atomic mass is 9.94. The minimum absolute atomic E-state index is 0.323. The number of nitrogens with one attached hydrogen (secondary N) is 1. The Labute approximate surface area is 206 Å². The first-order valence-electron chi connectivity index (χ1n) is 10.6. The molecule has 2 heterocycles. The van der Waals surface area contributed by atoms with Crippen LogP contribution in [0.5, 0.6) is 0 Å². The van der Waals surface area contributed by atoms with Crippen LogP contribution >= 0.6 is 23.8 Å². The quantitative estimate of drug-likeness (QED) is 0.321. The number of aromatic nitrogens is 2. The maximum Gasteiger partial charge on any atom is 0.258 e. The van der Waals surface area contributed by atoms with Gasteiger partial charge in [-0.05, 0) is 62.0 Å². The fourth-order valence-corrected chi connectivity index (χ4v) is 4.58. The Morgan fingerprint density at radius 2 is 1.79 bits per heavy atom. The summed E-state index contributed by atoms with van der Waals surface area (Å²) in [4.78, 5) is 6.55. The number of thiocarbonyl (C=S) groups is 1. The summed E-state index contributed by atoms with van der Waals surface area (Å²) in [5, 5.41) is 8.57. The van der Waals surface area contributed by atoms with Gasteiger partial charge in [0, 0.05) is 22.0 Å². The molecule has 0 fully saturated rings. The van der Waals surface area contributed by atoms with Crippen molar-refractivity contribution in [3.63, 3.8) is 0 Å². The van der Waals surface area contributed by atoms with Crippen molar-refractivity contribution in [1.82, 2.24) is 15.5 Å². The number of benzene rings is 3. The van der Waals surface area contributed by atoms with Crippen LogP contribution in [-0.4, -0.2) is 15.3 Å². The van der Waals surface area contributed by atoms with Gasteiger partial charge in [-0.3, -0.25) is 4.90 Å². The van der Waals surface area contributed by atoms with E-state index >= 15 is 0 Å². The molecule has 1 unspecified atom stereocenters. The largest absolute Gasteiger partial charge is 0.351 e. The molecule has 1 aromatic heterocycles. The lowest BCUT2D eigenvalue weighted by molar-refractivity contribution is 0.404. The highest BCUT2D eigenvalue weighted by atomic mass is 35.5. The summed E-state index contributed by atoms with van der Waals surface area (Å²) in [6, 6.07) is 21.2. The summed E-state index contributed by atoms with van der Waals surface area (Å²) >= 11 is 12.0. The predicted molar refractivity (Wildman–Crippen MR) is 136 cm³/mol. The van der Waals surface area contributed by atoms with Crippen molar-refractivity contribution in [1.29, 1.82) is 0 Å². The van der Waals surface area contributed by atoms with Crippen molar-refractivity contribution < 1.29 is 8.91 Å². The average molecular weight is 491 g/mol. The molecule has 0 aliphatic carbocycles. The lowest BCUT2D eigenvalue weighted by Crippen LogP contribution is -2.46. The van der Waals surface area contributed by atoms with Crippen molar-refractivity contribution >= 4 is 40.2 Å². The van der Waals surface area contributed by atoms with Crippen LogP contribution in [0.25, 0.3) is 17.0 Å². The molecule has 170 valence electrons. The van der Waals surface area contributed by atoms with Gasteiger partial charge in [-0.2, -0.15) is 4.98 Å². The van der Waals surface area contributed by atoms with Gasteiger partial charge >= 0.3 is 0 Å². The molecule has 34 heavy (non-hydrogen) atoms. The van der Waals surface area contributed by atoms with Gasteiger partial charge in [-0.25, -0.2) is 4.39 Å². The Hall–Kier alpha value is -3.55. The van der Waals surface area contributed by atoms with E-state index in [1.807, 2.05) is 67.3 Å². The van der Waals surface area contributed by atoms with Crippen molar-refractivity contribution in [3.8, 4) is 11.4 Å². The summed E-state index contributed by atoms with van der Waals surface area (Å²) in [5.41, 5.74) is 4.93. The third kappa shape index (κ3) is 4.20. The third-order valence-corrected chi connectivity index (χ3v) is 6.23. The van der Waals surface area contributed by atoms with Crippen LogP contribution in [0.15, 0.2) is 83.0 Å². The molecule has 5 nitrogen and oxygen atoms in total. The Balaban J connectivity index is 1.66. The van der Waals surface area contributed by atoms with Gasteiger partial charge in [0.2, 0.25) is 5.82 Å². The number of aryl methyl sites for hydroxylation is 1. The first-order valence-corrected chi connectivity index (χ1v) is 11.4. The molecule has 1 aliphatic rings. The van der Waals surface area contributed by atoms with E-state index in [2.05, 4.69) is 15.5 Å². The van der Waals surface area contributed by atoms with Crippen LogP contribution < -0.4 is 10.2 Å². The van der Waals surface area contributed by atoms with Crippen molar-refractivity contribution in [3.05, 3.63) is 106 Å². The number of allylic oxidation sites excluding steroid dienone is 1. The third-order valence-electron chi connectivity index (χ3n) is 5.70. The molecule has 0 spiro atoms. The first-order chi connectivity index (χ1) is 16.4. The number of hydrogen-bond acceptors (Lipinski definition) is 4. The summed E-state index contributed by atoms with van der Waals surface area (Å²) in [7, 11) is 0. The van der Waals surface area contributed by atoms with E-state index in [0.29, 0.717) is 33.0 Å². The Bertz CT molecular complexity index is 1420. The van der Waals surface area contributed by atoms with E-state index in [-0.39, 0.29) is 5.82 Å². The molecule has 0 amide bonds. The molecular formula is C26H20ClFN4OS. The van der Waals surface area contributed by atoms with E-state index in [1.165, 1.54) is 12.1 Å². The molecular weight excluding hydrogens is 471 g/mol. The number of anilines is 1. The summed E-state index contributed by atoms with van der Waals surface area (Å²) < 4.78 is 19.9. The topological polar surface area (TPSA) is 54.2 Å². The Kier molecular flexibility index (Phi) is 5.89. The number of nitrogens with zero attached hydrogens (tertiary/aromatic N) is 3. The van der Waals surface area contributed by atoms with E-state index in [0.717, 1.165) is 22.5 Å². The van der Waals surface area contributed by atoms with Crippen LogP contribution in [0.4, 0.5) is 10.1 Å². The minimum Gasteiger partial charge on any atom is -0.351 e. The molecule has 1 N–H and O–H groups in total. The molecule has 0 radical (unpaired) electrons. The van der Waals surface area contributed by atoms with E-state index in [9.17, 15) is 4.39 Å². The van der Waals surface area contributed by atoms with Crippen molar-refractivity contribution in [2.45, 2.75) is 19.9 Å². The molecule has 1 atom stereocenters. The highest BCUT2D eigenvalue weighted by Gasteiger charge is 2.35. The van der Waals surface area contributed by atoms with E-state index in [4.69, 9.17) is 28.3 Å². The van der Waals surface area contributed by atoms with Crippen molar-refractivity contribution in [2.75, 3.05) is 4.90 Å². The van der Waals surface area contributed by atoms with Crippen LogP contribution in [0, 0.1) is 12.7 Å². The summed E-state index contributed by atoms with van der Waals surface area (Å²) in [5.74, 6) is 0.450. The van der Waals surface area contributed by atoms with Gasteiger partial charge in [-0.15, -0.1) is 0 Å². The second-order valence-corrected chi connectivity index (χ2v) is 8.86. The monoisotopic (exact) mass is 490 g/mol. The summed E-state index contributed by atoms with van der Waals surface area (Å²) in [6.45, 7) is 3.94. The lowest BCUT2D eigenvalue weighted by Gasteiger charge is -2.37. The molecule has 0 bridgehead atoms. The maximum absolute atomic E-state index is 14.1. The Morgan fingerprint density at radius 1 is 1.03 bits per heavy atom. The van der Waals surface area contributed by atoms with Crippen LogP contribution in [0.2, 0.25) is 5.02 Å². The molecule has 8 heteroatoms. The van der Waals surface area contributed by atoms with Crippen LogP contribution in [-0.2, 0) is 0 Å². The van der Waals surface area contributed by atoms with Gasteiger partial charge in [0.05, 0.1) is 11.6 Å². The number of rotatable bonds is 4. The zero-order chi connectivity index (χ0) is 23.8. The highest BCUT2D eigenvalue weighted by molar-refractivity contribution is 7.80. The van der Waals surface area contributed by atoms with Crippen molar-refractivity contribution in [2.24, 2.45) is 0 Å². The highest BCUT2D eigenvalue weighted by Crippen LogP contribution is 2.39. The second-order valence-electron chi connectivity index (χ2n) is 8.04. The molecule has 3 aromatic carbocycles. The van der Waals surface area contributed by atoms with Crippen LogP contribution in [0.1, 0.15) is 30.0 Å². The smallest absolute Gasteiger partial charge is 0.258 e. The molecule has 0 saturated heterocycles. The normalized spacial score (nSPS) is 16.1. The van der Waals surface area contributed by atoms with Gasteiger partial charge in [0.1, 0.15) is 5.82 Å². The van der Waals surface area contributed by atoms with Gasteiger partial charge in [0.15, 0.2) is 5.11 Å². The molecule has 5 rings (SSSR count). The second kappa shape index (κ2) is 9.00. The van der Waals surface area contributed by atoms with Gasteiger partial charge in [0.25, 0.3) is 5.89 Å². The Morgan fingerprint density at radius 3 is 2.53 bits per heavy atom.